The molecular formula is C23H27N3O2. The first kappa shape index (κ1) is 19.8. The van der Waals surface area contributed by atoms with Crippen LogP contribution in [0.15, 0.2) is 53.3 Å². The summed E-state index contributed by atoms with van der Waals surface area (Å²) in [5, 5.41) is 5.59. The Morgan fingerprint density at radius 1 is 1.00 bits per heavy atom. The number of unbranched alkanes of at least 4 members (excludes halogenated alkanes) is 1. The number of fused-ring (bicyclic) bond motifs is 1. The Hall–Kier alpha value is -2.95. The molecule has 0 spiro atoms. The number of amides is 1. The summed E-state index contributed by atoms with van der Waals surface area (Å²) in [6.45, 7) is 5.19. The Kier molecular flexibility index (Phi) is 6.24. The van der Waals surface area contributed by atoms with Gasteiger partial charge in [-0.3, -0.25) is 9.59 Å². The Morgan fingerprint density at radius 2 is 1.64 bits per heavy atom. The third-order valence-electron chi connectivity index (χ3n) is 4.99. The molecule has 5 nitrogen and oxygen atoms in total. The zero-order chi connectivity index (χ0) is 20.1. The molecule has 0 saturated carbocycles. The van der Waals surface area contributed by atoms with Crippen LogP contribution < -0.4 is 5.56 Å². The molecule has 28 heavy (non-hydrogen) atoms. The largest absolute Gasteiger partial charge is 0.336 e. The van der Waals surface area contributed by atoms with Crippen LogP contribution in [0.5, 0.6) is 0 Å². The van der Waals surface area contributed by atoms with Crippen LogP contribution >= 0.6 is 0 Å². The molecule has 0 atom stereocenters. The SMILES string of the molecule is CCCCn1nc(C(=O)N(C)Cc2ccc(CC)cc2)c2ccccc2c1=O. The van der Waals surface area contributed by atoms with Crippen molar-refractivity contribution in [2.75, 3.05) is 7.05 Å². The second-order valence-corrected chi connectivity index (χ2v) is 7.11. The van der Waals surface area contributed by atoms with Crippen molar-refractivity contribution in [3.05, 3.63) is 75.7 Å². The van der Waals surface area contributed by atoms with Crippen LogP contribution in [0.4, 0.5) is 0 Å². The van der Waals surface area contributed by atoms with Gasteiger partial charge in [0.1, 0.15) is 0 Å². The average Bonchev–Trinajstić information content (AvgIpc) is 2.73. The van der Waals surface area contributed by atoms with Crippen molar-refractivity contribution in [3.8, 4) is 0 Å². The number of rotatable bonds is 7. The summed E-state index contributed by atoms with van der Waals surface area (Å²) in [7, 11) is 1.77. The number of carbonyl (C=O) groups excluding carboxylic acids is 1. The van der Waals surface area contributed by atoms with Gasteiger partial charge < -0.3 is 4.90 Å². The zero-order valence-corrected chi connectivity index (χ0v) is 16.8. The van der Waals surface area contributed by atoms with Gasteiger partial charge in [-0.25, -0.2) is 4.68 Å². The van der Waals surface area contributed by atoms with Gasteiger partial charge in [-0.15, -0.1) is 0 Å². The molecule has 1 heterocycles. The minimum atomic E-state index is -0.180. The Balaban J connectivity index is 1.95. The van der Waals surface area contributed by atoms with E-state index in [1.807, 2.05) is 12.1 Å². The molecule has 2 aromatic carbocycles. The van der Waals surface area contributed by atoms with Gasteiger partial charge in [-0.1, -0.05) is 62.7 Å². The van der Waals surface area contributed by atoms with Gasteiger partial charge in [-0.2, -0.15) is 5.10 Å². The molecule has 0 unspecified atom stereocenters. The molecule has 0 bridgehead atoms. The summed E-state index contributed by atoms with van der Waals surface area (Å²) in [5.41, 5.74) is 2.53. The molecule has 0 aliphatic heterocycles. The van der Waals surface area contributed by atoms with Gasteiger partial charge >= 0.3 is 0 Å². The highest BCUT2D eigenvalue weighted by molar-refractivity contribution is 6.04. The van der Waals surface area contributed by atoms with Crippen molar-refractivity contribution < 1.29 is 4.79 Å². The number of aromatic nitrogens is 2. The molecule has 3 rings (SSSR count). The minimum Gasteiger partial charge on any atom is -0.336 e. The van der Waals surface area contributed by atoms with Gasteiger partial charge in [0, 0.05) is 25.5 Å². The van der Waals surface area contributed by atoms with Gasteiger partial charge in [-0.05, 0) is 30.0 Å². The summed E-state index contributed by atoms with van der Waals surface area (Å²) in [4.78, 5) is 27.5. The molecule has 0 N–H and O–H groups in total. The second kappa shape index (κ2) is 8.83. The van der Waals surface area contributed by atoms with Crippen LogP contribution in [0.3, 0.4) is 0 Å². The number of carbonyl (C=O) groups is 1. The van der Waals surface area contributed by atoms with Crippen molar-refractivity contribution in [2.24, 2.45) is 0 Å². The predicted molar refractivity (Wildman–Crippen MR) is 113 cm³/mol. The first-order valence-electron chi connectivity index (χ1n) is 9.88. The molecule has 0 radical (unpaired) electrons. The van der Waals surface area contributed by atoms with Gasteiger partial charge in [0.05, 0.1) is 5.39 Å². The molecule has 0 saturated heterocycles. The summed E-state index contributed by atoms with van der Waals surface area (Å²) in [6, 6.07) is 15.5. The number of nitrogens with zero attached hydrogens (tertiary/aromatic N) is 3. The van der Waals surface area contributed by atoms with Crippen molar-refractivity contribution in [2.45, 2.75) is 46.2 Å². The summed E-state index contributed by atoms with van der Waals surface area (Å²) in [5.74, 6) is -0.180. The van der Waals surface area contributed by atoms with Crippen molar-refractivity contribution in [1.82, 2.24) is 14.7 Å². The Morgan fingerprint density at radius 3 is 2.29 bits per heavy atom. The lowest BCUT2D eigenvalue weighted by Crippen LogP contribution is -2.32. The molecule has 1 amide bonds. The van der Waals surface area contributed by atoms with E-state index in [0.29, 0.717) is 29.6 Å². The number of aryl methyl sites for hydroxylation is 2. The molecule has 0 aliphatic rings. The fourth-order valence-corrected chi connectivity index (χ4v) is 3.26. The summed E-state index contributed by atoms with van der Waals surface area (Å²) >= 11 is 0. The van der Waals surface area contributed by atoms with Crippen molar-refractivity contribution in [3.63, 3.8) is 0 Å². The van der Waals surface area contributed by atoms with E-state index in [-0.39, 0.29) is 11.5 Å². The van der Waals surface area contributed by atoms with E-state index in [1.165, 1.54) is 10.2 Å². The Bertz CT molecular complexity index is 1020. The molecule has 0 aliphatic carbocycles. The first-order chi connectivity index (χ1) is 13.5. The van der Waals surface area contributed by atoms with Crippen LogP contribution in [0, 0.1) is 0 Å². The van der Waals surface area contributed by atoms with Gasteiger partial charge in [0.25, 0.3) is 11.5 Å². The second-order valence-electron chi connectivity index (χ2n) is 7.11. The van der Waals surface area contributed by atoms with E-state index in [2.05, 4.69) is 43.2 Å². The fourth-order valence-electron chi connectivity index (χ4n) is 3.26. The highest BCUT2D eigenvalue weighted by Crippen LogP contribution is 2.16. The Labute approximate surface area is 165 Å². The van der Waals surface area contributed by atoms with E-state index in [1.54, 1.807) is 24.1 Å². The first-order valence-corrected chi connectivity index (χ1v) is 9.88. The van der Waals surface area contributed by atoms with E-state index < -0.39 is 0 Å². The summed E-state index contributed by atoms with van der Waals surface area (Å²) in [6.07, 6.45) is 2.79. The van der Waals surface area contributed by atoms with Crippen molar-refractivity contribution >= 4 is 16.7 Å². The highest BCUT2D eigenvalue weighted by atomic mass is 16.2. The number of benzene rings is 2. The highest BCUT2D eigenvalue weighted by Gasteiger charge is 2.20. The molecule has 1 aromatic heterocycles. The van der Waals surface area contributed by atoms with Crippen LogP contribution in [0.2, 0.25) is 0 Å². The molecular weight excluding hydrogens is 350 g/mol. The maximum absolute atomic E-state index is 13.2. The number of hydrogen-bond donors (Lipinski definition) is 0. The van der Waals surface area contributed by atoms with Crippen LogP contribution in [-0.4, -0.2) is 27.6 Å². The number of hydrogen-bond acceptors (Lipinski definition) is 3. The quantitative estimate of drug-likeness (QED) is 0.625. The third-order valence-corrected chi connectivity index (χ3v) is 4.99. The zero-order valence-electron chi connectivity index (χ0n) is 16.8. The van der Waals surface area contributed by atoms with Crippen LogP contribution in [0.1, 0.15) is 48.3 Å². The van der Waals surface area contributed by atoms with E-state index >= 15 is 0 Å². The lowest BCUT2D eigenvalue weighted by atomic mass is 10.1. The minimum absolute atomic E-state index is 0.140. The lowest BCUT2D eigenvalue weighted by Gasteiger charge is -2.19. The van der Waals surface area contributed by atoms with Crippen molar-refractivity contribution in [1.29, 1.82) is 0 Å². The normalized spacial score (nSPS) is 11.0. The van der Waals surface area contributed by atoms with E-state index in [4.69, 9.17) is 0 Å². The maximum Gasteiger partial charge on any atom is 0.274 e. The van der Waals surface area contributed by atoms with Gasteiger partial charge in [0.2, 0.25) is 0 Å². The molecule has 5 heteroatoms. The summed E-state index contributed by atoms with van der Waals surface area (Å²) < 4.78 is 1.43. The lowest BCUT2D eigenvalue weighted by molar-refractivity contribution is 0.0778. The van der Waals surface area contributed by atoms with E-state index in [9.17, 15) is 9.59 Å². The maximum atomic E-state index is 13.2. The van der Waals surface area contributed by atoms with Crippen LogP contribution in [-0.2, 0) is 19.5 Å². The average molecular weight is 377 g/mol. The van der Waals surface area contributed by atoms with Crippen LogP contribution in [0.25, 0.3) is 10.8 Å². The monoisotopic (exact) mass is 377 g/mol. The third kappa shape index (κ3) is 4.14. The molecule has 146 valence electrons. The smallest absolute Gasteiger partial charge is 0.274 e. The topological polar surface area (TPSA) is 55.2 Å². The van der Waals surface area contributed by atoms with Gasteiger partial charge in [0.15, 0.2) is 5.69 Å². The fraction of sp³-hybridized carbons (Fsp3) is 0.348. The van der Waals surface area contributed by atoms with E-state index in [0.717, 1.165) is 24.8 Å². The predicted octanol–water partition coefficient (Wildman–Crippen LogP) is 4.03. The molecule has 3 aromatic rings. The standard InChI is InChI=1S/C23H27N3O2/c1-4-6-15-26-22(27)20-10-8-7-9-19(20)21(24-26)23(28)25(3)16-18-13-11-17(5-2)12-14-18/h7-14H,4-6,15-16H2,1-3H3. The molecule has 0 fully saturated rings.